The highest BCUT2D eigenvalue weighted by atomic mass is 19.1. The summed E-state index contributed by atoms with van der Waals surface area (Å²) in [7, 11) is 0. The van der Waals surface area contributed by atoms with E-state index < -0.39 is 0 Å². The van der Waals surface area contributed by atoms with Gasteiger partial charge in [0.2, 0.25) is 0 Å². The van der Waals surface area contributed by atoms with Gasteiger partial charge in [0.1, 0.15) is 5.82 Å². The van der Waals surface area contributed by atoms with E-state index in [0.29, 0.717) is 11.3 Å². The molecule has 0 aliphatic carbocycles. The van der Waals surface area contributed by atoms with Crippen LogP contribution in [0.25, 0.3) is 6.08 Å². The third-order valence-electron chi connectivity index (χ3n) is 2.16. The molecule has 0 aromatic heterocycles. The average Bonchev–Trinajstić information content (AvgIpc) is 2.16. The van der Waals surface area contributed by atoms with Crippen LogP contribution in [0.4, 0.5) is 10.1 Å². The lowest BCUT2D eigenvalue weighted by atomic mass is 9.99. The molecule has 0 saturated heterocycles. The molecular formula is C12H14FN. The summed E-state index contributed by atoms with van der Waals surface area (Å²) in [4.78, 5) is 3.74. The van der Waals surface area contributed by atoms with E-state index in [9.17, 15) is 4.39 Å². The maximum atomic E-state index is 13.5. The molecule has 0 amide bonds. The Morgan fingerprint density at radius 2 is 2.07 bits per heavy atom. The molecule has 0 aliphatic rings. The van der Waals surface area contributed by atoms with Crippen LogP contribution in [0.2, 0.25) is 0 Å². The van der Waals surface area contributed by atoms with Crippen LogP contribution in [0.15, 0.2) is 23.7 Å². The lowest BCUT2D eigenvalue weighted by molar-refractivity contribution is 0.598. The Morgan fingerprint density at radius 3 is 2.50 bits per heavy atom. The minimum absolute atomic E-state index is 0.160. The third-order valence-corrected chi connectivity index (χ3v) is 2.16. The van der Waals surface area contributed by atoms with Gasteiger partial charge >= 0.3 is 0 Å². The molecule has 1 nitrogen and oxygen atoms in total. The number of halogens is 1. The zero-order valence-electron chi connectivity index (χ0n) is 8.55. The molecule has 0 radical (unpaired) electrons. The molecule has 0 bridgehead atoms. The van der Waals surface area contributed by atoms with Crippen molar-refractivity contribution in [2.75, 3.05) is 0 Å². The summed E-state index contributed by atoms with van der Waals surface area (Å²) in [6.07, 6.45) is 1.66. The molecule has 0 N–H and O–H groups in total. The van der Waals surface area contributed by atoms with Crippen LogP contribution in [-0.2, 0) is 0 Å². The van der Waals surface area contributed by atoms with Crippen molar-refractivity contribution >= 4 is 18.5 Å². The molecule has 74 valence electrons. The first kappa shape index (κ1) is 10.6. The fourth-order valence-corrected chi connectivity index (χ4v) is 1.34. The summed E-state index contributed by atoms with van der Waals surface area (Å²) in [6.45, 7) is 11.0. The van der Waals surface area contributed by atoms with Gasteiger partial charge in [0.15, 0.2) is 0 Å². The van der Waals surface area contributed by atoms with Gasteiger partial charge in [-0.05, 0) is 29.8 Å². The van der Waals surface area contributed by atoms with Crippen LogP contribution in [0, 0.1) is 5.82 Å². The van der Waals surface area contributed by atoms with E-state index in [0.717, 1.165) is 5.56 Å². The molecule has 0 unspecified atom stereocenters. The van der Waals surface area contributed by atoms with E-state index in [1.165, 1.54) is 6.07 Å². The summed E-state index contributed by atoms with van der Waals surface area (Å²) in [6, 6.07) is 3.18. The quantitative estimate of drug-likeness (QED) is 0.642. The second-order valence-corrected chi connectivity index (χ2v) is 3.45. The zero-order valence-corrected chi connectivity index (χ0v) is 8.55. The van der Waals surface area contributed by atoms with Crippen molar-refractivity contribution in [3.63, 3.8) is 0 Å². The fourth-order valence-electron chi connectivity index (χ4n) is 1.34. The first-order valence-electron chi connectivity index (χ1n) is 4.52. The second-order valence-electron chi connectivity index (χ2n) is 3.45. The highest BCUT2D eigenvalue weighted by molar-refractivity contribution is 5.66. The molecule has 0 heterocycles. The lowest BCUT2D eigenvalue weighted by Crippen LogP contribution is -1.93. The predicted octanol–water partition coefficient (Wildman–Crippen LogP) is 3.92. The van der Waals surface area contributed by atoms with Crippen molar-refractivity contribution in [3.05, 3.63) is 35.7 Å². The maximum Gasteiger partial charge on any atom is 0.128 e. The molecular weight excluding hydrogens is 177 g/mol. The van der Waals surface area contributed by atoms with E-state index in [2.05, 4.69) is 18.3 Å². The Kier molecular flexibility index (Phi) is 3.18. The number of aliphatic imine (C=N–C) groups is 1. The molecule has 2 heteroatoms. The van der Waals surface area contributed by atoms with E-state index in [4.69, 9.17) is 0 Å². The van der Waals surface area contributed by atoms with Crippen molar-refractivity contribution in [3.8, 4) is 0 Å². The summed E-state index contributed by atoms with van der Waals surface area (Å²) >= 11 is 0. The number of hydrogen-bond acceptors (Lipinski definition) is 1. The molecule has 1 aromatic carbocycles. The van der Waals surface area contributed by atoms with Crippen molar-refractivity contribution in [1.82, 2.24) is 0 Å². The fraction of sp³-hybridized carbons (Fsp3) is 0.250. The molecule has 1 aromatic rings. The van der Waals surface area contributed by atoms with Gasteiger partial charge in [0, 0.05) is 6.07 Å². The normalized spacial score (nSPS) is 10.3. The molecule has 0 atom stereocenters. The monoisotopic (exact) mass is 191 g/mol. The van der Waals surface area contributed by atoms with Gasteiger partial charge in [0.25, 0.3) is 0 Å². The first-order valence-corrected chi connectivity index (χ1v) is 4.52. The summed E-state index contributed by atoms with van der Waals surface area (Å²) in [5.41, 5.74) is 2.05. The van der Waals surface area contributed by atoms with Crippen LogP contribution >= 0.6 is 0 Å². The smallest absolute Gasteiger partial charge is 0.128 e. The number of nitrogens with zero attached hydrogens (tertiary/aromatic N) is 1. The Balaban J connectivity index is 3.37. The van der Waals surface area contributed by atoms with Gasteiger partial charge in [-0.3, -0.25) is 4.99 Å². The van der Waals surface area contributed by atoms with Crippen molar-refractivity contribution < 1.29 is 4.39 Å². The first-order chi connectivity index (χ1) is 6.60. The van der Waals surface area contributed by atoms with Crippen LogP contribution in [0.3, 0.4) is 0 Å². The highest BCUT2D eigenvalue weighted by Gasteiger charge is 2.09. The van der Waals surface area contributed by atoms with Gasteiger partial charge in [-0.15, -0.1) is 0 Å². The maximum absolute atomic E-state index is 13.5. The van der Waals surface area contributed by atoms with Crippen LogP contribution < -0.4 is 0 Å². The topological polar surface area (TPSA) is 12.4 Å². The molecule has 0 saturated carbocycles. The van der Waals surface area contributed by atoms with Crippen LogP contribution in [0.1, 0.15) is 30.9 Å². The Hall–Kier alpha value is -1.44. The Bertz CT molecular complexity index is 367. The Labute approximate surface area is 84.0 Å². The van der Waals surface area contributed by atoms with Crippen molar-refractivity contribution in [2.24, 2.45) is 4.99 Å². The molecule has 0 fully saturated rings. The highest BCUT2D eigenvalue weighted by Crippen LogP contribution is 2.27. The van der Waals surface area contributed by atoms with E-state index >= 15 is 0 Å². The van der Waals surface area contributed by atoms with Gasteiger partial charge < -0.3 is 0 Å². The van der Waals surface area contributed by atoms with Gasteiger partial charge in [-0.1, -0.05) is 26.5 Å². The summed E-state index contributed by atoms with van der Waals surface area (Å²) in [5.74, 6) is -0.0689. The molecule has 14 heavy (non-hydrogen) atoms. The van der Waals surface area contributed by atoms with E-state index in [1.54, 1.807) is 12.1 Å². The van der Waals surface area contributed by atoms with Crippen molar-refractivity contribution in [1.29, 1.82) is 0 Å². The van der Waals surface area contributed by atoms with Crippen LogP contribution in [0.5, 0.6) is 0 Å². The standard InChI is InChI=1S/C12H14FN/c1-5-9-6-10(8(2)3)11(13)7-12(9)14-4/h5-8H,1,4H2,2-3H3. The van der Waals surface area contributed by atoms with E-state index in [1.807, 2.05) is 13.8 Å². The third kappa shape index (κ3) is 1.90. The second kappa shape index (κ2) is 4.18. The SMILES string of the molecule is C=Cc1cc(C(C)C)c(F)cc1N=C. The molecule has 1 rings (SSSR count). The summed E-state index contributed by atoms with van der Waals surface area (Å²) in [5, 5.41) is 0. The summed E-state index contributed by atoms with van der Waals surface area (Å²) < 4.78 is 13.5. The molecule has 0 spiro atoms. The predicted molar refractivity (Wildman–Crippen MR) is 59.8 cm³/mol. The van der Waals surface area contributed by atoms with Crippen LogP contribution in [-0.4, -0.2) is 6.72 Å². The number of hydrogen-bond donors (Lipinski definition) is 0. The minimum atomic E-state index is -0.229. The minimum Gasteiger partial charge on any atom is -0.264 e. The van der Waals surface area contributed by atoms with Gasteiger partial charge in [-0.25, -0.2) is 4.39 Å². The number of benzene rings is 1. The lowest BCUT2D eigenvalue weighted by Gasteiger charge is -2.09. The Morgan fingerprint density at radius 1 is 1.43 bits per heavy atom. The average molecular weight is 191 g/mol. The number of rotatable bonds is 3. The van der Waals surface area contributed by atoms with Gasteiger partial charge in [0.05, 0.1) is 5.69 Å². The van der Waals surface area contributed by atoms with E-state index in [-0.39, 0.29) is 11.7 Å². The largest absolute Gasteiger partial charge is 0.264 e. The van der Waals surface area contributed by atoms with Crippen molar-refractivity contribution in [2.45, 2.75) is 19.8 Å². The van der Waals surface area contributed by atoms with Gasteiger partial charge in [-0.2, -0.15) is 0 Å². The zero-order chi connectivity index (χ0) is 10.7. The molecule has 0 aliphatic heterocycles.